The van der Waals surface area contributed by atoms with E-state index in [1.807, 2.05) is 31.2 Å². The van der Waals surface area contributed by atoms with Gasteiger partial charge in [0.15, 0.2) is 0 Å². The highest BCUT2D eigenvalue weighted by atomic mass is 16.5. The molecule has 0 aliphatic rings. The number of ether oxygens (including phenoxy) is 2. The Labute approximate surface area is 148 Å². The van der Waals surface area contributed by atoms with Crippen LogP contribution in [0.3, 0.4) is 0 Å². The van der Waals surface area contributed by atoms with Crippen LogP contribution in [0, 0.1) is 6.92 Å². The molecule has 0 aliphatic heterocycles. The Morgan fingerprint density at radius 3 is 2.40 bits per heavy atom. The predicted molar refractivity (Wildman–Crippen MR) is 97.1 cm³/mol. The van der Waals surface area contributed by atoms with Crippen LogP contribution in [0.2, 0.25) is 0 Å². The van der Waals surface area contributed by atoms with Crippen LogP contribution in [-0.2, 0) is 16.0 Å². The zero-order valence-electron chi connectivity index (χ0n) is 14.8. The number of aryl methyl sites for hydroxylation is 2. The van der Waals surface area contributed by atoms with Crippen molar-refractivity contribution in [3.05, 3.63) is 59.2 Å². The average molecular weight is 341 g/mol. The van der Waals surface area contributed by atoms with Gasteiger partial charge in [0.05, 0.1) is 19.3 Å². The lowest BCUT2D eigenvalue weighted by Gasteiger charge is -2.10. The number of amides is 1. The fourth-order valence-electron chi connectivity index (χ4n) is 2.41. The van der Waals surface area contributed by atoms with Crippen LogP contribution in [0.5, 0.6) is 5.75 Å². The summed E-state index contributed by atoms with van der Waals surface area (Å²) >= 11 is 0. The molecule has 0 saturated heterocycles. The Kier molecular flexibility index (Phi) is 6.57. The number of esters is 1. The minimum Gasteiger partial charge on any atom is -0.497 e. The number of hydrogen-bond donors (Lipinski definition) is 1. The van der Waals surface area contributed by atoms with Crippen molar-refractivity contribution in [1.29, 1.82) is 0 Å². The van der Waals surface area contributed by atoms with Gasteiger partial charge >= 0.3 is 5.97 Å². The number of rotatable bonds is 7. The van der Waals surface area contributed by atoms with Crippen molar-refractivity contribution in [3.8, 4) is 5.75 Å². The Morgan fingerprint density at radius 1 is 1.08 bits per heavy atom. The standard InChI is InChI=1S/C20H23NO4/c1-4-25-20(23)16-8-11-18(14(2)13-16)21-19(22)12-7-15-5-9-17(24-3)10-6-15/h5-6,8-11,13H,4,7,12H2,1-3H3,(H,21,22). The Balaban J connectivity index is 1.92. The Hall–Kier alpha value is -2.82. The number of carbonyl (C=O) groups excluding carboxylic acids is 2. The first-order valence-corrected chi connectivity index (χ1v) is 8.24. The smallest absolute Gasteiger partial charge is 0.338 e. The summed E-state index contributed by atoms with van der Waals surface area (Å²) in [5.41, 5.74) is 3.08. The second kappa shape index (κ2) is 8.87. The molecule has 2 aromatic rings. The van der Waals surface area contributed by atoms with E-state index < -0.39 is 0 Å². The van der Waals surface area contributed by atoms with E-state index in [4.69, 9.17) is 9.47 Å². The van der Waals surface area contributed by atoms with E-state index in [-0.39, 0.29) is 11.9 Å². The molecule has 0 unspecified atom stereocenters. The van der Waals surface area contributed by atoms with Crippen molar-refractivity contribution in [2.24, 2.45) is 0 Å². The quantitative estimate of drug-likeness (QED) is 0.779. The Morgan fingerprint density at radius 2 is 1.80 bits per heavy atom. The van der Waals surface area contributed by atoms with Gasteiger partial charge in [-0.3, -0.25) is 4.79 Å². The van der Waals surface area contributed by atoms with Crippen molar-refractivity contribution in [3.63, 3.8) is 0 Å². The van der Waals surface area contributed by atoms with Gasteiger partial charge in [0.25, 0.3) is 0 Å². The van der Waals surface area contributed by atoms with Crippen LogP contribution in [0.1, 0.15) is 34.8 Å². The second-order valence-electron chi connectivity index (χ2n) is 5.65. The first-order chi connectivity index (χ1) is 12.0. The third kappa shape index (κ3) is 5.35. The van der Waals surface area contributed by atoms with Gasteiger partial charge in [0.1, 0.15) is 5.75 Å². The summed E-state index contributed by atoms with van der Waals surface area (Å²) < 4.78 is 10.1. The summed E-state index contributed by atoms with van der Waals surface area (Å²) in [5, 5.41) is 2.89. The first-order valence-electron chi connectivity index (χ1n) is 8.24. The van der Waals surface area contributed by atoms with Crippen LogP contribution in [0.15, 0.2) is 42.5 Å². The van der Waals surface area contributed by atoms with Crippen LogP contribution in [-0.4, -0.2) is 25.6 Å². The van der Waals surface area contributed by atoms with E-state index in [1.165, 1.54) is 0 Å². The summed E-state index contributed by atoms with van der Waals surface area (Å²) in [6.07, 6.45) is 1.03. The van der Waals surface area contributed by atoms with Gasteiger partial charge in [-0.25, -0.2) is 4.79 Å². The Bertz CT molecular complexity index is 738. The highest BCUT2D eigenvalue weighted by Gasteiger charge is 2.10. The molecular weight excluding hydrogens is 318 g/mol. The molecule has 0 heterocycles. The average Bonchev–Trinajstić information content (AvgIpc) is 2.62. The number of methoxy groups -OCH3 is 1. The maximum atomic E-state index is 12.2. The molecule has 0 aromatic heterocycles. The first kappa shape index (κ1) is 18.5. The van der Waals surface area contributed by atoms with Crippen molar-refractivity contribution < 1.29 is 19.1 Å². The number of nitrogens with one attached hydrogen (secondary N) is 1. The maximum Gasteiger partial charge on any atom is 0.338 e. The molecule has 0 atom stereocenters. The minimum absolute atomic E-state index is 0.0668. The van der Waals surface area contributed by atoms with Gasteiger partial charge in [-0.05, 0) is 61.7 Å². The number of hydrogen-bond acceptors (Lipinski definition) is 4. The van der Waals surface area contributed by atoms with Crippen molar-refractivity contribution in [2.45, 2.75) is 26.7 Å². The van der Waals surface area contributed by atoms with Gasteiger partial charge in [0.2, 0.25) is 5.91 Å². The molecular formula is C20H23NO4. The van der Waals surface area contributed by atoms with Crippen LogP contribution in [0.25, 0.3) is 0 Å². The van der Waals surface area contributed by atoms with Crippen molar-refractivity contribution >= 4 is 17.6 Å². The molecule has 25 heavy (non-hydrogen) atoms. The van der Waals surface area contributed by atoms with Gasteiger partial charge in [-0.1, -0.05) is 12.1 Å². The summed E-state index contributed by atoms with van der Waals surface area (Å²) in [4.78, 5) is 23.9. The van der Waals surface area contributed by atoms with Gasteiger partial charge in [-0.2, -0.15) is 0 Å². The summed E-state index contributed by atoms with van der Waals surface area (Å²) in [6.45, 7) is 3.95. The zero-order valence-corrected chi connectivity index (χ0v) is 14.8. The van der Waals surface area contributed by atoms with Gasteiger partial charge in [0, 0.05) is 12.1 Å². The highest BCUT2D eigenvalue weighted by Crippen LogP contribution is 2.18. The number of anilines is 1. The summed E-state index contributed by atoms with van der Waals surface area (Å²) in [6, 6.07) is 12.8. The van der Waals surface area contributed by atoms with Crippen molar-refractivity contribution in [2.75, 3.05) is 19.0 Å². The molecule has 5 heteroatoms. The molecule has 132 valence electrons. The van der Waals surface area contributed by atoms with Crippen LogP contribution >= 0.6 is 0 Å². The van der Waals surface area contributed by atoms with E-state index in [0.29, 0.717) is 30.7 Å². The molecule has 0 saturated carbocycles. The van der Waals surface area contributed by atoms with Crippen LogP contribution in [0.4, 0.5) is 5.69 Å². The monoisotopic (exact) mass is 341 g/mol. The molecule has 0 bridgehead atoms. The molecule has 1 N–H and O–H groups in total. The normalized spacial score (nSPS) is 10.2. The van der Waals surface area contributed by atoms with Crippen molar-refractivity contribution in [1.82, 2.24) is 0 Å². The van der Waals surface area contributed by atoms with E-state index >= 15 is 0 Å². The van der Waals surface area contributed by atoms with E-state index in [0.717, 1.165) is 16.9 Å². The molecule has 0 aliphatic carbocycles. The molecule has 0 radical (unpaired) electrons. The van der Waals surface area contributed by atoms with Crippen LogP contribution < -0.4 is 10.1 Å². The lowest BCUT2D eigenvalue weighted by Crippen LogP contribution is -2.14. The SMILES string of the molecule is CCOC(=O)c1ccc(NC(=O)CCc2ccc(OC)cc2)c(C)c1. The third-order valence-electron chi connectivity index (χ3n) is 3.81. The van der Waals surface area contributed by atoms with Gasteiger partial charge < -0.3 is 14.8 Å². The number of carbonyl (C=O) groups is 2. The fraction of sp³-hybridized carbons (Fsp3) is 0.300. The van der Waals surface area contributed by atoms with E-state index in [2.05, 4.69) is 5.32 Å². The lowest BCUT2D eigenvalue weighted by molar-refractivity contribution is -0.116. The topological polar surface area (TPSA) is 64.6 Å². The third-order valence-corrected chi connectivity index (χ3v) is 3.81. The predicted octanol–water partition coefficient (Wildman–Crippen LogP) is 3.75. The molecule has 2 aromatic carbocycles. The fourth-order valence-corrected chi connectivity index (χ4v) is 2.41. The minimum atomic E-state index is -0.358. The summed E-state index contributed by atoms with van der Waals surface area (Å²) in [5.74, 6) is 0.372. The van der Waals surface area contributed by atoms with Gasteiger partial charge in [-0.15, -0.1) is 0 Å². The molecule has 5 nitrogen and oxygen atoms in total. The van der Waals surface area contributed by atoms with E-state index in [1.54, 1.807) is 32.2 Å². The molecule has 2 rings (SSSR count). The summed E-state index contributed by atoms with van der Waals surface area (Å²) in [7, 11) is 1.62. The maximum absolute atomic E-state index is 12.2. The second-order valence-corrected chi connectivity index (χ2v) is 5.65. The largest absolute Gasteiger partial charge is 0.497 e. The lowest BCUT2D eigenvalue weighted by atomic mass is 10.1. The highest BCUT2D eigenvalue weighted by molar-refractivity contribution is 5.94. The number of benzene rings is 2. The zero-order chi connectivity index (χ0) is 18.2. The molecule has 0 fully saturated rings. The molecule has 1 amide bonds. The molecule has 0 spiro atoms. The van der Waals surface area contributed by atoms with E-state index in [9.17, 15) is 9.59 Å².